The Balaban J connectivity index is 2.14. The molecule has 0 saturated heterocycles. The van der Waals surface area contributed by atoms with Crippen molar-refractivity contribution in [2.75, 3.05) is 6.61 Å². The molecule has 0 unspecified atom stereocenters. The van der Waals surface area contributed by atoms with Gasteiger partial charge >= 0.3 is 0 Å². The molecule has 0 aromatic carbocycles. The van der Waals surface area contributed by atoms with E-state index in [1.807, 2.05) is 14.0 Å². The van der Waals surface area contributed by atoms with Crippen LogP contribution < -0.4 is 0 Å². The number of nitriles is 1. The van der Waals surface area contributed by atoms with Gasteiger partial charge in [-0.3, -0.25) is 0 Å². The van der Waals surface area contributed by atoms with Crippen LogP contribution in [0.25, 0.3) is 11.6 Å². The maximum absolute atomic E-state index is 8.82. The summed E-state index contributed by atoms with van der Waals surface area (Å²) in [6, 6.07) is 3.78. The van der Waals surface area contributed by atoms with Crippen molar-refractivity contribution in [2.45, 2.75) is 20.0 Å². The lowest BCUT2D eigenvalue weighted by atomic mass is 10.3. The van der Waals surface area contributed by atoms with Crippen LogP contribution in [0.15, 0.2) is 16.8 Å². The lowest BCUT2D eigenvalue weighted by Gasteiger charge is -1.96. The summed E-state index contributed by atoms with van der Waals surface area (Å²) in [6.07, 6.45) is 2.67. The Labute approximate surface area is 105 Å². The molecule has 0 amide bonds. The molecule has 2 rings (SSSR count). The van der Waals surface area contributed by atoms with E-state index in [-0.39, 0.29) is 0 Å². The van der Waals surface area contributed by atoms with Crippen molar-refractivity contribution in [3.8, 4) is 17.7 Å². The second kappa shape index (κ2) is 5.47. The topological polar surface area (TPSA) is 76.9 Å². The van der Waals surface area contributed by atoms with Crippen molar-refractivity contribution >= 4 is 0 Å². The summed E-state index contributed by atoms with van der Waals surface area (Å²) < 4.78 is 12.3. The van der Waals surface area contributed by atoms with Crippen LogP contribution in [-0.2, 0) is 18.4 Å². The van der Waals surface area contributed by atoms with Crippen LogP contribution in [0, 0.1) is 11.3 Å². The van der Waals surface area contributed by atoms with E-state index in [9.17, 15) is 0 Å². The SMILES string of the molecule is CCCOCc1noc(-c2cc(C#N)cn2C)n1. The summed E-state index contributed by atoms with van der Waals surface area (Å²) in [5.74, 6) is 0.909. The van der Waals surface area contributed by atoms with E-state index in [1.54, 1.807) is 16.8 Å². The molecule has 0 aliphatic rings. The van der Waals surface area contributed by atoms with E-state index < -0.39 is 0 Å². The molecule has 0 radical (unpaired) electrons. The molecule has 0 bridgehead atoms. The smallest absolute Gasteiger partial charge is 0.274 e. The summed E-state index contributed by atoms with van der Waals surface area (Å²) >= 11 is 0. The zero-order chi connectivity index (χ0) is 13.0. The van der Waals surface area contributed by atoms with Gasteiger partial charge in [-0.25, -0.2) is 0 Å². The summed E-state index contributed by atoms with van der Waals surface area (Å²) in [7, 11) is 1.83. The lowest BCUT2D eigenvalue weighted by molar-refractivity contribution is 0.114. The summed E-state index contributed by atoms with van der Waals surface area (Å²) in [6.45, 7) is 3.05. The minimum Gasteiger partial charge on any atom is -0.373 e. The van der Waals surface area contributed by atoms with Gasteiger partial charge in [0.25, 0.3) is 5.89 Å². The second-order valence-corrected chi connectivity index (χ2v) is 3.91. The molecular weight excluding hydrogens is 232 g/mol. The van der Waals surface area contributed by atoms with Gasteiger partial charge < -0.3 is 13.8 Å². The molecule has 6 nitrogen and oxygen atoms in total. The first-order valence-electron chi connectivity index (χ1n) is 5.71. The van der Waals surface area contributed by atoms with E-state index in [0.717, 1.165) is 12.1 Å². The fraction of sp³-hybridized carbons (Fsp3) is 0.417. The monoisotopic (exact) mass is 246 g/mol. The minimum atomic E-state index is 0.340. The standard InChI is InChI=1S/C12H14N4O2/c1-3-4-17-8-11-14-12(18-15-11)10-5-9(6-13)7-16(10)2/h5,7H,3-4,8H2,1-2H3. The third kappa shape index (κ3) is 2.57. The van der Waals surface area contributed by atoms with E-state index in [4.69, 9.17) is 14.5 Å². The molecule has 0 aliphatic carbocycles. The number of ether oxygens (including phenoxy) is 1. The highest BCUT2D eigenvalue weighted by Crippen LogP contribution is 2.19. The van der Waals surface area contributed by atoms with Crippen molar-refractivity contribution in [2.24, 2.45) is 7.05 Å². The largest absolute Gasteiger partial charge is 0.373 e. The van der Waals surface area contributed by atoms with Gasteiger partial charge in [0.05, 0.1) is 5.56 Å². The Hall–Kier alpha value is -2.13. The number of rotatable bonds is 5. The Morgan fingerprint density at radius 3 is 3.06 bits per heavy atom. The maximum atomic E-state index is 8.82. The molecule has 0 atom stereocenters. The number of aromatic nitrogens is 3. The minimum absolute atomic E-state index is 0.340. The zero-order valence-corrected chi connectivity index (χ0v) is 10.4. The molecule has 0 N–H and O–H groups in total. The Morgan fingerprint density at radius 1 is 1.56 bits per heavy atom. The van der Waals surface area contributed by atoms with Crippen molar-refractivity contribution < 1.29 is 9.26 Å². The number of hydrogen-bond acceptors (Lipinski definition) is 5. The van der Waals surface area contributed by atoms with Crippen LogP contribution in [-0.4, -0.2) is 21.3 Å². The van der Waals surface area contributed by atoms with Crippen molar-refractivity contribution in [1.29, 1.82) is 5.26 Å². The normalized spacial score (nSPS) is 10.5. The van der Waals surface area contributed by atoms with E-state index >= 15 is 0 Å². The van der Waals surface area contributed by atoms with Gasteiger partial charge in [-0.05, 0) is 12.5 Å². The van der Waals surface area contributed by atoms with Gasteiger partial charge in [-0.2, -0.15) is 10.2 Å². The molecule has 18 heavy (non-hydrogen) atoms. The van der Waals surface area contributed by atoms with Crippen molar-refractivity contribution in [3.05, 3.63) is 23.7 Å². The van der Waals surface area contributed by atoms with E-state index in [0.29, 0.717) is 30.5 Å². The highest BCUT2D eigenvalue weighted by Gasteiger charge is 2.13. The highest BCUT2D eigenvalue weighted by molar-refractivity contribution is 5.52. The molecule has 2 aromatic rings. The molecular formula is C12H14N4O2. The van der Waals surface area contributed by atoms with Crippen LogP contribution in [0.4, 0.5) is 0 Å². The first-order chi connectivity index (χ1) is 8.74. The van der Waals surface area contributed by atoms with E-state index in [2.05, 4.69) is 16.2 Å². The third-order valence-electron chi connectivity index (χ3n) is 2.40. The molecule has 2 aromatic heterocycles. The summed E-state index contributed by atoms with van der Waals surface area (Å²) in [5, 5.41) is 12.7. The number of nitrogens with zero attached hydrogens (tertiary/aromatic N) is 4. The quantitative estimate of drug-likeness (QED) is 0.753. The van der Waals surface area contributed by atoms with Gasteiger partial charge in [0.2, 0.25) is 0 Å². The molecule has 0 aliphatic heterocycles. The van der Waals surface area contributed by atoms with Crippen LogP contribution >= 0.6 is 0 Å². The molecule has 6 heteroatoms. The first-order valence-corrected chi connectivity index (χ1v) is 5.71. The molecule has 0 fully saturated rings. The average molecular weight is 246 g/mol. The Morgan fingerprint density at radius 2 is 2.39 bits per heavy atom. The molecule has 2 heterocycles. The Kier molecular flexibility index (Phi) is 3.75. The highest BCUT2D eigenvalue weighted by atomic mass is 16.5. The first kappa shape index (κ1) is 12.3. The van der Waals surface area contributed by atoms with Crippen LogP contribution in [0.3, 0.4) is 0 Å². The molecule has 0 spiro atoms. The van der Waals surface area contributed by atoms with Crippen LogP contribution in [0.5, 0.6) is 0 Å². The van der Waals surface area contributed by atoms with Crippen molar-refractivity contribution in [3.63, 3.8) is 0 Å². The van der Waals surface area contributed by atoms with Gasteiger partial charge in [0, 0.05) is 19.9 Å². The summed E-state index contributed by atoms with van der Waals surface area (Å²) in [5.41, 5.74) is 1.29. The van der Waals surface area contributed by atoms with Crippen LogP contribution in [0.2, 0.25) is 0 Å². The van der Waals surface area contributed by atoms with Gasteiger partial charge in [-0.15, -0.1) is 0 Å². The molecule has 94 valence electrons. The fourth-order valence-electron chi connectivity index (χ4n) is 1.56. The fourth-order valence-corrected chi connectivity index (χ4v) is 1.56. The molecule has 0 saturated carbocycles. The number of aryl methyl sites for hydroxylation is 1. The third-order valence-corrected chi connectivity index (χ3v) is 2.40. The second-order valence-electron chi connectivity index (χ2n) is 3.91. The van der Waals surface area contributed by atoms with Crippen LogP contribution in [0.1, 0.15) is 24.7 Å². The lowest BCUT2D eigenvalue weighted by Crippen LogP contribution is -1.96. The maximum Gasteiger partial charge on any atom is 0.274 e. The Bertz CT molecular complexity index is 565. The summed E-state index contributed by atoms with van der Waals surface area (Å²) in [4.78, 5) is 4.23. The predicted molar refractivity (Wildman–Crippen MR) is 63.4 cm³/mol. The van der Waals surface area contributed by atoms with Crippen molar-refractivity contribution in [1.82, 2.24) is 14.7 Å². The van der Waals surface area contributed by atoms with E-state index in [1.165, 1.54) is 0 Å². The average Bonchev–Trinajstić information content (AvgIpc) is 2.96. The van der Waals surface area contributed by atoms with Gasteiger partial charge in [-0.1, -0.05) is 12.1 Å². The van der Waals surface area contributed by atoms with Gasteiger partial charge in [0.15, 0.2) is 5.82 Å². The zero-order valence-electron chi connectivity index (χ0n) is 10.4. The van der Waals surface area contributed by atoms with Gasteiger partial charge in [0.1, 0.15) is 18.4 Å². The number of hydrogen-bond donors (Lipinski definition) is 0. The predicted octanol–water partition coefficient (Wildman–Crippen LogP) is 1.87.